The standard InChI is InChI=1S/C12H21N3/c1-4-11(2,3)14-15-12(10-13)8-6-5-7-9-12/h4-9H2,1-3H3. The molecule has 3 heteroatoms. The fourth-order valence-electron chi connectivity index (χ4n) is 1.67. The lowest BCUT2D eigenvalue weighted by Crippen LogP contribution is -2.28. The van der Waals surface area contributed by atoms with Gasteiger partial charge in [-0.15, -0.1) is 0 Å². The van der Waals surface area contributed by atoms with Gasteiger partial charge in [-0.2, -0.15) is 15.5 Å². The summed E-state index contributed by atoms with van der Waals surface area (Å²) in [7, 11) is 0. The monoisotopic (exact) mass is 207 g/mol. The zero-order chi connectivity index (χ0) is 11.4. The van der Waals surface area contributed by atoms with Crippen molar-refractivity contribution in [2.75, 3.05) is 0 Å². The molecule has 0 unspecified atom stereocenters. The first kappa shape index (κ1) is 12.2. The van der Waals surface area contributed by atoms with Crippen LogP contribution in [0.5, 0.6) is 0 Å². The molecule has 0 aromatic carbocycles. The third-order valence-corrected chi connectivity index (χ3v) is 3.27. The van der Waals surface area contributed by atoms with Gasteiger partial charge in [0.2, 0.25) is 0 Å². The Morgan fingerprint density at radius 2 is 1.87 bits per heavy atom. The van der Waals surface area contributed by atoms with E-state index in [4.69, 9.17) is 0 Å². The maximum Gasteiger partial charge on any atom is 0.167 e. The smallest absolute Gasteiger partial charge is 0.167 e. The molecule has 0 radical (unpaired) electrons. The number of azo groups is 1. The molecule has 0 bridgehead atoms. The van der Waals surface area contributed by atoms with E-state index in [0.717, 1.165) is 32.1 Å². The molecule has 1 saturated carbocycles. The molecular weight excluding hydrogens is 186 g/mol. The van der Waals surface area contributed by atoms with Crippen molar-refractivity contribution in [3.8, 4) is 6.07 Å². The molecule has 0 saturated heterocycles. The number of hydrogen-bond donors (Lipinski definition) is 0. The average Bonchev–Trinajstić information content (AvgIpc) is 2.28. The molecule has 0 N–H and O–H groups in total. The second-order valence-electron chi connectivity index (χ2n) is 5.07. The van der Waals surface area contributed by atoms with Gasteiger partial charge in [0.05, 0.1) is 11.6 Å². The molecule has 0 aliphatic heterocycles. The predicted molar refractivity (Wildman–Crippen MR) is 60.7 cm³/mol. The topological polar surface area (TPSA) is 48.5 Å². The minimum absolute atomic E-state index is 0.124. The van der Waals surface area contributed by atoms with Gasteiger partial charge in [0.15, 0.2) is 5.54 Å². The second kappa shape index (κ2) is 4.74. The van der Waals surface area contributed by atoms with E-state index in [1.165, 1.54) is 6.42 Å². The maximum absolute atomic E-state index is 9.21. The summed E-state index contributed by atoms with van der Waals surface area (Å²) >= 11 is 0. The second-order valence-corrected chi connectivity index (χ2v) is 5.07. The molecule has 84 valence electrons. The Morgan fingerprint density at radius 1 is 1.27 bits per heavy atom. The average molecular weight is 207 g/mol. The third-order valence-electron chi connectivity index (χ3n) is 3.27. The van der Waals surface area contributed by atoms with Crippen molar-refractivity contribution in [3.05, 3.63) is 0 Å². The fourth-order valence-corrected chi connectivity index (χ4v) is 1.67. The Balaban J connectivity index is 2.72. The van der Waals surface area contributed by atoms with Crippen molar-refractivity contribution in [3.63, 3.8) is 0 Å². The lowest BCUT2D eigenvalue weighted by Gasteiger charge is -2.26. The van der Waals surface area contributed by atoms with Crippen LogP contribution in [0, 0.1) is 11.3 Å². The summed E-state index contributed by atoms with van der Waals surface area (Å²) < 4.78 is 0. The maximum atomic E-state index is 9.21. The fraction of sp³-hybridized carbons (Fsp3) is 0.917. The molecule has 0 atom stereocenters. The van der Waals surface area contributed by atoms with Crippen LogP contribution < -0.4 is 0 Å². The summed E-state index contributed by atoms with van der Waals surface area (Å²) in [6.45, 7) is 6.22. The lowest BCUT2D eigenvalue weighted by molar-refractivity contribution is 0.335. The van der Waals surface area contributed by atoms with Crippen LogP contribution in [0.15, 0.2) is 10.2 Å². The van der Waals surface area contributed by atoms with Crippen molar-refractivity contribution in [1.82, 2.24) is 0 Å². The zero-order valence-electron chi connectivity index (χ0n) is 10.1. The van der Waals surface area contributed by atoms with E-state index >= 15 is 0 Å². The quantitative estimate of drug-likeness (QED) is 0.648. The Morgan fingerprint density at radius 3 is 2.33 bits per heavy atom. The largest absolute Gasteiger partial charge is 0.196 e. The lowest BCUT2D eigenvalue weighted by atomic mass is 9.84. The third kappa shape index (κ3) is 3.30. The molecule has 0 spiro atoms. The van der Waals surface area contributed by atoms with Crippen LogP contribution in [-0.2, 0) is 0 Å². The van der Waals surface area contributed by atoms with Gasteiger partial charge in [-0.05, 0) is 46.0 Å². The molecule has 1 rings (SSSR count). The molecule has 0 amide bonds. The van der Waals surface area contributed by atoms with Crippen molar-refractivity contribution < 1.29 is 0 Å². The number of rotatable bonds is 3. The minimum Gasteiger partial charge on any atom is -0.196 e. The van der Waals surface area contributed by atoms with Crippen LogP contribution in [0.3, 0.4) is 0 Å². The summed E-state index contributed by atoms with van der Waals surface area (Å²) in [6.07, 6.45) is 6.17. The van der Waals surface area contributed by atoms with Gasteiger partial charge in [-0.3, -0.25) is 0 Å². The van der Waals surface area contributed by atoms with E-state index in [-0.39, 0.29) is 5.54 Å². The molecule has 15 heavy (non-hydrogen) atoms. The SMILES string of the molecule is CCC(C)(C)N=NC1(C#N)CCCCC1. The van der Waals surface area contributed by atoms with Gasteiger partial charge in [0.1, 0.15) is 0 Å². The number of nitrogens with zero attached hydrogens (tertiary/aromatic N) is 3. The molecular formula is C12H21N3. The van der Waals surface area contributed by atoms with Gasteiger partial charge in [-0.1, -0.05) is 13.3 Å². The van der Waals surface area contributed by atoms with Gasteiger partial charge < -0.3 is 0 Å². The van der Waals surface area contributed by atoms with E-state index < -0.39 is 5.54 Å². The van der Waals surface area contributed by atoms with Gasteiger partial charge in [0, 0.05) is 0 Å². The van der Waals surface area contributed by atoms with Crippen LogP contribution >= 0.6 is 0 Å². The number of hydrogen-bond acceptors (Lipinski definition) is 3. The van der Waals surface area contributed by atoms with E-state index in [2.05, 4.69) is 37.1 Å². The Kier molecular flexibility index (Phi) is 3.84. The van der Waals surface area contributed by atoms with E-state index in [0.29, 0.717) is 0 Å². The van der Waals surface area contributed by atoms with Crippen LogP contribution in [0.2, 0.25) is 0 Å². The first-order valence-electron chi connectivity index (χ1n) is 5.89. The Bertz CT molecular complexity index is 267. The highest BCUT2D eigenvalue weighted by Gasteiger charge is 2.32. The molecule has 0 aromatic rings. The number of nitriles is 1. The molecule has 0 heterocycles. The first-order chi connectivity index (χ1) is 7.04. The van der Waals surface area contributed by atoms with Crippen molar-refractivity contribution in [1.29, 1.82) is 5.26 Å². The summed E-state index contributed by atoms with van der Waals surface area (Å²) in [5, 5.41) is 17.9. The Hall–Kier alpha value is -0.910. The summed E-state index contributed by atoms with van der Waals surface area (Å²) in [5.41, 5.74) is -0.633. The van der Waals surface area contributed by atoms with E-state index in [1.54, 1.807) is 0 Å². The van der Waals surface area contributed by atoms with Gasteiger partial charge >= 0.3 is 0 Å². The summed E-state index contributed by atoms with van der Waals surface area (Å²) in [5.74, 6) is 0. The van der Waals surface area contributed by atoms with Crippen LogP contribution in [0.4, 0.5) is 0 Å². The predicted octanol–water partition coefficient (Wildman–Crippen LogP) is 3.85. The van der Waals surface area contributed by atoms with Crippen molar-refractivity contribution >= 4 is 0 Å². The highest BCUT2D eigenvalue weighted by Crippen LogP contribution is 2.32. The van der Waals surface area contributed by atoms with Gasteiger partial charge in [0.25, 0.3) is 0 Å². The minimum atomic E-state index is -0.509. The molecule has 1 aliphatic rings. The van der Waals surface area contributed by atoms with Crippen molar-refractivity contribution in [2.45, 2.75) is 70.4 Å². The highest BCUT2D eigenvalue weighted by atomic mass is 15.2. The van der Waals surface area contributed by atoms with E-state index in [9.17, 15) is 5.26 Å². The van der Waals surface area contributed by atoms with Crippen LogP contribution in [0.25, 0.3) is 0 Å². The summed E-state index contributed by atoms with van der Waals surface area (Å²) in [4.78, 5) is 0. The highest BCUT2D eigenvalue weighted by molar-refractivity contribution is 5.08. The van der Waals surface area contributed by atoms with Crippen LogP contribution in [0.1, 0.15) is 59.3 Å². The summed E-state index contributed by atoms with van der Waals surface area (Å²) in [6, 6.07) is 2.35. The van der Waals surface area contributed by atoms with Crippen LogP contribution in [-0.4, -0.2) is 11.1 Å². The normalized spacial score (nSPS) is 21.5. The zero-order valence-corrected chi connectivity index (χ0v) is 10.1. The first-order valence-corrected chi connectivity index (χ1v) is 5.89. The molecule has 1 fully saturated rings. The molecule has 3 nitrogen and oxygen atoms in total. The van der Waals surface area contributed by atoms with Crippen molar-refractivity contribution in [2.24, 2.45) is 10.2 Å². The molecule has 0 aromatic heterocycles. The van der Waals surface area contributed by atoms with E-state index in [1.807, 2.05) is 0 Å². The Labute approximate surface area is 92.6 Å². The van der Waals surface area contributed by atoms with Gasteiger partial charge in [-0.25, -0.2) is 0 Å². The molecule has 1 aliphatic carbocycles.